The number of amides is 1. The second-order valence-electron chi connectivity index (χ2n) is 4.79. The molecular formula is C14H16BrF2NO2. The van der Waals surface area contributed by atoms with Crippen LogP contribution in [-0.4, -0.2) is 35.8 Å². The van der Waals surface area contributed by atoms with Crippen LogP contribution < -0.4 is 4.74 Å². The summed E-state index contributed by atoms with van der Waals surface area (Å²) in [7, 11) is 0. The summed E-state index contributed by atoms with van der Waals surface area (Å²) in [4.78, 5) is 14.1. The van der Waals surface area contributed by atoms with Gasteiger partial charge in [-0.3, -0.25) is 4.79 Å². The van der Waals surface area contributed by atoms with E-state index in [9.17, 15) is 13.6 Å². The number of nitrogens with zero attached hydrogens (tertiary/aromatic N) is 1. The van der Waals surface area contributed by atoms with Crippen LogP contribution >= 0.6 is 15.9 Å². The molecular weight excluding hydrogens is 332 g/mol. The van der Waals surface area contributed by atoms with Crippen molar-refractivity contribution < 1.29 is 18.3 Å². The Labute approximate surface area is 125 Å². The molecule has 1 atom stereocenters. The van der Waals surface area contributed by atoms with Gasteiger partial charge in [0.05, 0.1) is 0 Å². The second-order valence-corrected chi connectivity index (χ2v) is 5.58. The lowest BCUT2D eigenvalue weighted by atomic mass is 10.1. The minimum absolute atomic E-state index is 0.0503. The zero-order chi connectivity index (χ0) is 14.5. The van der Waals surface area contributed by atoms with Gasteiger partial charge in [0, 0.05) is 24.0 Å². The highest BCUT2D eigenvalue weighted by Gasteiger charge is 2.26. The lowest BCUT2D eigenvalue weighted by Gasteiger charge is -2.16. The first kappa shape index (κ1) is 15.2. The summed E-state index contributed by atoms with van der Waals surface area (Å²) in [6.07, 6.45) is 2.08. The third-order valence-electron chi connectivity index (χ3n) is 3.42. The molecule has 1 amide bonds. The lowest BCUT2D eigenvalue weighted by molar-refractivity contribution is -0.0498. The molecule has 110 valence electrons. The smallest absolute Gasteiger partial charge is 0.387 e. The number of alkyl halides is 3. The molecule has 0 aliphatic carbocycles. The van der Waals surface area contributed by atoms with Gasteiger partial charge in [0.25, 0.3) is 5.91 Å². The van der Waals surface area contributed by atoms with Crippen molar-refractivity contribution in [2.45, 2.75) is 19.5 Å². The van der Waals surface area contributed by atoms with E-state index < -0.39 is 6.61 Å². The summed E-state index contributed by atoms with van der Waals surface area (Å²) >= 11 is 3.41. The second kappa shape index (κ2) is 7.02. The largest absolute Gasteiger partial charge is 0.435 e. The van der Waals surface area contributed by atoms with Crippen molar-refractivity contribution in [3.63, 3.8) is 0 Å². The number of hydrogen-bond donors (Lipinski definition) is 0. The highest BCUT2D eigenvalue weighted by atomic mass is 79.9. The van der Waals surface area contributed by atoms with Crippen LogP contribution in [0, 0.1) is 5.92 Å². The fourth-order valence-corrected chi connectivity index (χ4v) is 3.02. The highest BCUT2D eigenvalue weighted by molar-refractivity contribution is 9.09. The standard InChI is InChI=1S/C14H16BrF2NO2/c15-7-5-10-6-8-18(9-10)13(19)11-1-3-12(4-2-11)20-14(16)17/h1-4,10,14H,5-9H2. The third-order valence-corrected chi connectivity index (χ3v) is 3.87. The van der Waals surface area contributed by atoms with Crippen molar-refractivity contribution in [1.82, 2.24) is 4.90 Å². The first-order valence-electron chi connectivity index (χ1n) is 6.50. The maximum absolute atomic E-state index is 12.3. The monoisotopic (exact) mass is 347 g/mol. The molecule has 3 nitrogen and oxygen atoms in total. The summed E-state index contributed by atoms with van der Waals surface area (Å²) in [6.45, 7) is -1.33. The maximum Gasteiger partial charge on any atom is 0.387 e. The van der Waals surface area contributed by atoms with Gasteiger partial charge in [-0.05, 0) is 43.0 Å². The van der Waals surface area contributed by atoms with Gasteiger partial charge in [0.15, 0.2) is 0 Å². The number of hydrogen-bond acceptors (Lipinski definition) is 2. The Bertz CT molecular complexity index is 453. The lowest BCUT2D eigenvalue weighted by Crippen LogP contribution is -2.28. The summed E-state index contributed by atoms with van der Waals surface area (Å²) < 4.78 is 28.3. The van der Waals surface area contributed by atoms with Crippen LogP contribution in [0.3, 0.4) is 0 Å². The zero-order valence-electron chi connectivity index (χ0n) is 10.9. The van der Waals surface area contributed by atoms with Crippen molar-refractivity contribution in [2.24, 2.45) is 5.92 Å². The summed E-state index contributed by atoms with van der Waals surface area (Å²) in [5.74, 6) is 0.556. The number of rotatable bonds is 5. The van der Waals surface area contributed by atoms with Gasteiger partial charge in [0.1, 0.15) is 5.75 Å². The molecule has 1 aliphatic heterocycles. The number of halogens is 3. The molecule has 1 aromatic carbocycles. The molecule has 0 saturated carbocycles. The summed E-state index contributed by atoms with van der Waals surface area (Å²) in [5.41, 5.74) is 0.506. The molecule has 1 saturated heterocycles. The normalized spacial score (nSPS) is 18.6. The van der Waals surface area contributed by atoms with Crippen molar-refractivity contribution >= 4 is 21.8 Å². The first-order valence-corrected chi connectivity index (χ1v) is 7.62. The molecule has 1 aromatic rings. The molecule has 1 aliphatic rings. The van der Waals surface area contributed by atoms with E-state index in [1.807, 2.05) is 4.90 Å². The Kier molecular flexibility index (Phi) is 5.34. The van der Waals surface area contributed by atoms with E-state index in [1.165, 1.54) is 24.3 Å². The summed E-state index contributed by atoms with van der Waals surface area (Å²) in [6, 6.07) is 5.84. The first-order chi connectivity index (χ1) is 9.60. The fourth-order valence-electron chi connectivity index (χ4n) is 2.37. The van der Waals surface area contributed by atoms with Crippen molar-refractivity contribution in [2.75, 3.05) is 18.4 Å². The van der Waals surface area contributed by atoms with Gasteiger partial charge in [-0.25, -0.2) is 0 Å². The van der Waals surface area contributed by atoms with Gasteiger partial charge in [-0.1, -0.05) is 15.9 Å². The van der Waals surface area contributed by atoms with E-state index in [-0.39, 0.29) is 11.7 Å². The van der Waals surface area contributed by atoms with Crippen LogP contribution in [0.5, 0.6) is 5.75 Å². The number of carbonyl (C=O) groups excluding carboxylic acids is 1. The minimum Gasteiger partial charge on any atom is -0.435 e. The molecule has 1 fully saturated rings. The Balaban J connectivity index is 1.96. The molecule has 0 radical (unpaired) electrons. The molecule has 0 aromatic heterocycles. The molecule has 0 spiro atoms. The van der Waals surface area contributed by atoms with Gasteiger partial charge in [-0.15, -0.1) is 0 Å². The van der Waals surface area contributed by atoms with E-state index in [2.05, 4.69) is 20.7 Å². The van der Waals surface area contributed by atoms with Crippen LogP contribution in [0.2, 0.25) is 0 Å². The van der Waals surface area contributed by atoms with E-state index in [4.69, 9.17) is 0 Å². The van der Waals surface area contributed by atoms with Crippen LogP contribution in [0.1, 0.15) is 23.2 Å². The third kappa shape index (κ3) is 3.91. The average Bonchev–Trinajstić information content (AvgIpc) is 2.87. The molecule has 2 rings (SSSR count). The number of benzene rings is 1. The van der Waals surface area contributed by atoms with Crippen LogP contribution in [0.25, 0.3) is 0 Å². The number of likely N-dealkylation sites (tertiary alicyclic amines) is 1. The zero-order valence-corrected chi connectivity index (χ0v) is 12.5. The van der Waals surface area contributed by atoms with Crippen LogP contribution in [0.4, 0.5) is 8.78 Å². The molecule has 1 unspecified atom stereocenters. The number of carbonyl (C=O) groups is 1. The maximum atomic E-state index is 12.3. The van der Waals surface area contributed by atoms with Crippen molar-refractivity contribution in [3.05, 3.63) is 29.8 Å². The van der Waals surface area contributed by atoms with E-state index >= 15 is 0 Å². The predicted octanol–water partition coefficient (Wildman–Crippen LogP) is 3.54. The number of ether oxygens (including phenoxy) is 1. The van der Waals surface area contributed by atoms with E-state index in [1.54, 1.807) is 0 Å². The Morgan fingerprint density at radius 2 is 2.10 bits per heavy atom. The van der Waals surface area contributed by atoms with Crippen LogP contribution in [0.15, 0.2) is 24.3 Å². The van der Waals surface area contributed by atoms with E-state index in [0.29, 0.717) is 11.5 Å². The Morgan fingerprint density at radius 1 is 1.40 bits per heavy atom. The van der Waals surface area contributed by atoms with E-state index in [0.717, 1.165) is 31.3 Å². The van der Waals surface area contributed by atoms with Gasteiger partial charge < -0.3 is 9.64 Å². The van der Waals surface area contributed by atoms with Gasteiger partial charge >= 0.3 is 6.61 Å². The molecule has 0 N–H and O–H groups in total. The molecule has 0 bridgehead atoms. The Hall–Kier alpha value is -1.17. The predicted molar refractivity (Wildman–Crippen MR) is 75.5 cm³/mol. The summed E-state index contributed by atoms with van der Waals surface area (Å²) in [5, 5.41) is 0.944. The van der Waals surface area contributed by atoms with Gasteiger partial charge in [0.2, 0.25) is 0 Å². The molecule has 1 heterocycles. The minimum atomic E-state index is -2.85. The van der Waals surface area contributed by atoms with Gasteiger partial charge in [-0.2, -0.15) is 8.78 Å². The van der Waals surface area contributed by atoms with Crippen LogP contribution in [-0.2, 0) is 0 Å². The fraction of sp³-hybridized carbons (Fsp3) is 0.500. The highest BCUT2D eigenvalue weighted by Crippen LogP contribution is 2.23. The topological polar surface area (TPSA) is 29.5 Å². The van der Waals surface area contributed by atoms with Crippen molar-refractivity contribution in [3.8, 4) is 5.75 Å². The van der Waals surface area contributed by atoms with Crippen molar-refractivity contribution in [1.29, 1.82) is 0 Å². The molecule has 20 heavy (non-hydrogen) atoms. The SMILES string of the molecule is O=C(c1ccc(OC(F)F)cc1)N1CCC(CCBr)C1. The Morgan fingerprint density at radius 3 is 2.70 bits per heavy atom. The molecule has 6 heteroatoms. The quantitative estimate of drug-likeness (QED) is 0.762. The average molecular weight is 348 g/mol.